The van der Waals surface area contributed by atoms with Gasteiger partial charge in [0.1, 0.15) is 6.04 Å². The summed E-state index contributed by atoms with van der Waals surface area (Å²) in [6.07, 6.45) is 4.18. The molecule has 3 amide bonds. The van der Waals surface area contributed by atoms with Crippen LogP contribution in [0.25, 0.3) is 0 Å². The molecule has 0 aliphatic carbocycles. The monoisotopic (exact) mass is 418 g/mol. The Labute approximate surface area is 174 Å². The van der Waals surface area contributed by atoms with Crippen LogP contribution >= 0.6 is 11.8 Å². The first kappa shape index (κ1) is 21.4. The number of piperidine rings is 1. The molecular formula is C21H26N2O5S. The SMILES string of the molecule is CSCC[C@H](C(=O)OCC(=O)N1CCC[C@@H](C)C1)N1C(=O)c2ccccc2C1=O. The van der Waals surface area contributed by atoms with Gasteiger partial charge in [0, 0.05) is 13.1 Å². The fraction of sp³-hybridized carbons (Fsp3) is 0.524. The molecule has 1 fully saturated rings. The lowest BCUT2D eigenvalue weighted by atomic mass is 10.0. The van der Waals surface area contributed by atoms with Gasteiger partial charge in [-0.1, -0.05) is 19.1 Å². The van der Waals surface area contributed by atoms with Crippen molar-refractivity contribution in [2.24, 2.45) is 5.92 Å². The van der Waals surface area contributed by atoms with Crippen LogP contribution in [0.1, 0.15) is 46.9 Å². The zero-order valence-electron chi connectivity index (χ0n) is 16.8. The van der Waals surface area contributed by atoms with Gasteiger partial charge in [-0.15, -0.1) is 0 Å². The van der Waals surface area contributed by atoms with E-state index in [1.165, 1.54) is 11.8 Å². The number of benzene rings is 1. The summed E-state index contributed by atoms with van der Waals surface area (Å²) in [7, 11) is 0. The van der Waals surface area contributed by atoms with Crippen LogP contribution in [0, 0.1) is 5.92 Å². The number of hydrogen-bond donors (Lipinski definition) is 0. The second-order valence-electron chi connectivity index (χ2n) is 7.52. The molecule has 29 heavy (non-hydrogen) atoms. The first-order valence-corrected chi connectivity index (χ1v) is 11.2. The fourth-order valence-electron chi connectivity index (χ4n) is 3.81. The number of hydrogen-bond acceptors (Lipinski definition) is 6. The highest BCUT2D eigenvalue weighted by molar-refractivity contribution is 7.98. The van der Waals surface area contributed by atoms with E-state index in [1.807, 2.05) is 6.26 Å². The number of imide groups is 1. The number of ether oxygens (including phenoxy) is 1. The number of rotatable bonds is 7. The van der Waals surface area contributed by atoms with E-state index in [0.29, 0.717) is 24.8 Å². The Morgan fingerprint density at radius 3 is 2.45 bits per heavy atom. The van der Waals surface area contributed by atoms with Crippen LogP contribution in [0.5, 0.6) is 0 Å². The van der Waals surface area contributed by atoms with Crippen LogP contribution < -0.4 is 0 Å². The van der Waals surface area contributed by atoms with Crippen molar-refractivity contribution in [3.05, 3.63) is 35.4 Å². The summed E-state index contributed by atoms with van der Waals surface area (Å²) in [5.41, 5.74) is 0.579. The molecule has 1 aromatic carbocycles. The molecule has 2 atom stereocenters. The summed E-state index contributed by atoms with van der Waals surface area (Å²) >= 11 is 1.51. The van der Waals surface area contributed by atoms with Gasteiger partial charge in [-0.3, -0.25) is 19.3 Å². The zero-order valence-corrected chi connectivity index (χ0v) is 17.6. The molecule has 2 heterocycles. The number of thioether (sulfide) groups is 1. The molecule has 2 aliphatic heterocycles. The fourth-order valence-corrected chi connectivity index (χ4v) is 4.27. The third-order valence-electron chi connectivity index (χ3n) is 5.35. The lowest BCUT2D eigenvalue weighted by molar-refractivity contribution is -0.155. The number of fused-ring (bicyclic) bond motifs is 1. The van der Waals surface area contributed by atoms with Gasteiger partial charge in [0.25, 0.3) is 17.7 Å². The van der Waals surface area contributed by atoms with E-state index in [2.05, 4.69) is 6.92 Å². The van der Waals surface area contributed by atoms with Gasteiger partial charge in [0.05, 0.1) is 11.1 Å². The molecule has 0 bridgehead atoms. The molecule has 0 aromatic heterocycles. The van der Waals surface area contributed by atoms with Crippen LogP contribution in [0.2, 0.25) is 0 Å². The van der Waals surface area contributed by atoms with Crippen molar-refractivity contribution in [1.29, 1.82) is 0 Å². The standard InChI is InChI=1S/C21H26N2O5S/c1-14-6-5-10-22(12-14)18(24)13-28-21(27)17(9-11-29-2)23-19(25)15-7-3-4-8-16(15)20(23)26/h3-4,7-8,14,17H,5-6,9-13H2,1-2H3/t14-,17-/m1/s1. The Kier molecular flexibility index (Phi) is 6.95. The van der Waals surface area contributed by atoms with E-state index in [1.54, 1.807) is 29.2 Å². The smallest absolute Gasteiger partial charge is 0.329 e. The maximum Gasteiger partial charge on any atom is 0.329 e. The molecule has 8 heteroatoms. The molecule has 0 spiro atoms. The molecule has 0 saturated carbocycles. The van der Waals surface area contributed by atoms with Crippen molar-refractivity contribution in [3.63, 3.8) is 0 Å². The molecular weight excluding hydrogens is 392 g/mol. The predicted molar refractivity (Wildman–Crippen MR) is 110 cm³/mol. The summed E-state index contributed by atoms with van der Waals surface area (Å²) in [4.78, 5) is 53.4. The highest BCUT2D eigenvalue weighted by Crippen LogP contribution is 2.26. The summed E-state index contributed by atoms with van der Waals surface area (Å²) in [5, 5.41) is 0. The zero-order chi connectivity index (χ0) is 21.0. The number of amides is 3. The third-order valence-corrected chi connectivity index (χ3v) is 6.00. The average molecular weight is 419 g/mol. The normalized spacial score (nSPS) is 19.9. The van der Waals surface area contributed by atoms with Gasteiger partial charge in [-0.2, -0.15) is 11.8 Å². The molecule has 1 aromatic rings. The summed E-state index contributed by atoms with van der Waals surface area (Å²) in [6, 6.07) is 5.48. The summed E-state index contributed by atoms with van der Waals surface area (Å²) in [6.45, 7) is 3.04. The minimum Gasteiger partial charge on any atom is -0.454 e. The number of nitrogens with zero attached hydrogens (tertiary/aromatic N) is 2. The number of esters is 1. The largest absolute Gasteiger partial charge is 0.454 e. The van der Waals surface area contributed by atoms with Crippen molar-refractivity contribution in [2.45, 2.75) is 32.2 Å². The topological polar surface area (TPSA) is 84.0 Å². The van der Waals surface area contributed by atoms with Crippen molar-refractivity contribution < 1.29 is 23.9 Å². The van der Waals surface area contributed by atoms with Gasteiger partial charge in [-0.05, 0) is 49.3 Å². The second kappa shape index (κ2) is 9.43. The third kappa shape index (κ3) is 4.63. The van der Waals surface area contributed by atoms with Crippen LogP contribution in [0.4, 0.5) is 0 Å². The minimum atomic E-state index is -1.04. The Hall–Kier alpha value is -2.35. The highest BCUT2D eigenvalue weighted by Gasteiger charge is 2.43. The Morgan fingerprint density at radius 1 is 1.21 bits per heavy atom. The highest BCUT2D eigenvalue weighted by atomic mass is 32.2. The van der Waals surface area contributed by atoms with Gasteiger partial charge >= 0.3 is 5.97 Å². The Balaban J connectivity index is 1.68. The maximum atomic E-state index is 12.8. The van der Waals surface area contributed by atoms with Crippen molar-refractivity contribution in [2.75, 3.05) is 31.7 Å². The molecule has 0 N–H and O–H groups in total. The van der Waals surface area contributed by atoms with E-state index >= 15 is 0 Å². The van der Waals surface area contributed by atoms with E-state index in [4.69, 9.17) is 4.74 Å². The van der Waals surface area contributed by atoms with Crippen LogP contribution in [-0.2, 0) is 14.3 Å². The van der Waals surface area contributed by atoms with E-state index < -0.39 is 23.8 Å². The molecule has 1 saturated heterocycles. The molecule has 0 radical (unpaired) electrons. The molecule has 3 rings (SSSR count). The van der Waals surface area contributed by atoms with Crippen molar-refractivity contribution >= 4 is 35.5 Å². The molecule has 156 valence electrons. The summed E-state index contributed by atoms with van der Waals surface area (Å²) < 4.78 is 5.27. The van der Waals surface area contributed by atoms with Crippen LogP contribution in [0.3, 0.4) is 0 Å². The van der Waals surface area contributed by atoms with Crippen molar-refractivity contribution in [1.82, 2.24) is 9.80 Å². The van der Waals surface area contributed by atoms with Crippen molar-refractivity contribution in [3.8, 4) is 0 Å². The van der Waals surface area contributed by atoms with E-state index in [0.717, 1.165) is 17.7 Å². The van der Waals surface area contributed by atoms with Gasteiger partial charge in [0.15, 0.2) is 6.61 Å². The molecule has 0 unspecified atom stereocenters. The average Bonchev–Trinajstić information content (AvgIpc) is 2.97. The van der Waals surface area contributed by atoms with Gasteiger partial charge < -0.3 is 9.64 Å². The number of likely N-dealkylation sites (tertiary alicyclic amines) is 1. The number of carbonyl (C=O) groups excluding carboxylic acids is 4. The minimum absolute atomic E-state index is 0.240. The predicted octanol–water partition coefficient (Wildman–Crippen LogP) is 2.21. The lowest BCUT2D eigenvalue weighted by Gasteiger charge is -2.31. The Morgan fingerprint density at radius 2 is 1.86 bits per heavy atom. The molecule has 7 nitrogen and oxygen atoms in total. The van der Waals surface area contributed by atoms with Crippen LogP contribution in [0.15, 0.2) is 24.3 Å². The van der Waals surface area contributed by atoms with Crippen LogP contribution in [-0.4, -0.2) is 71.2 Å². The van der Waals surface area contributed by atoms with Gasteiger partial charge in [-0.25, -0.2) is 4.79 Å². The quantitative estimate of drug-likeness (QED) is 0.499. The Bertz CT molecular complexity index is 777. The second-order valence-corrected chi connectivity index (χ2v) is 8.50. The first-order valence-electron chi connectivity index (χ1n) is 9.84. The first-order chi connectivity index (χ1) is 13.9. The number of carbonyl (C=O) groups is 4. The van der Waals surface area contributed by atoms with E-state index in [9.17, 15) is 19.2 Å². The molecule has 2 aliphatic rings. The lowest BCUT2D eigenvalue weighted by Crippen LogP contribution is -2.47. The maximum absolute atomic E-state index is 12.8. The van der Waals surface area contributed by atoms with E-state index in [-0.39, 0.29) is 30.1 Å². The van der Waals surface area contributed by atoms with Gasteiger partial charge in [0.2, 0.25) is 0 Å². The summed E-state index contributed by atoms with van der Waals surface area (Å²) in [5.74, 6) is -0.946.